The molecular weight excluding hydrogens is 226 g/mol. The molecule has 3 heteroatoms. The normalized spacial score (nSPS) is 12.5. The van der Waals surface area contributed by atoms with Crippen LogP contribution in [0.4, 0.5) is 5.69 Å². The summed E-state index contributed by atoms with van der Waals surface area (Å²) in [4.78, 5) is 2.36. The molecule has 0 bridgehead atoms. The van der Waals surface area contributed by atoms with Crippen LogP contribution in [0.1, 0.15) is 31.4 Å². The predicted molar refractivity (Wildman–Crippen MR) is 76.1 cm³/mol. The van der Waals surface area contributed by atoms with Crippen LogP contribution in [-0.4, -0.2) is 31.4 Å². The molecule has 0 saturated carbocycles. The van der Waals surface area contributed by atoms with Crippen LogP contribution in [0, 0.1) is 6.92 Å². The standard InChI is InChI=1S/C15H25NO2/c1-5-13(3)16(8-9-18-4)15-7-6-14(11-17)12(2)10-15/h6-7,10,13,17H,5,8-9,11H2,1-4H3. The smallest absolute Gasteiger partial charge is 0.0684 e. The number of benzene rings is 1. The molecule has 0 spiro atoms. The predicted octanol–water partition coefficient (Wildman–Crippen LogP) is 2.74. The third-order valence-electron chi connectivity index (χ3n) is 3.49. The van der Waals surface area contributed by atoms with E-state index in [-0.39, 0.29) is 6.61 Å². The zero-order valence-corrected chi connectivity index (χ0v) is 11.9. The number of aliphatic hydroxyl groups is 1. The van der Waals surface area contributed by atoms with Crippen molar-refractivity contribution in [1.82, 2.24) is 0 Å². The number of methoxy groups -OCH3 is 1. The van der Waals surface area contributed by atoms with E-state index in [1.165, 1.54) is 5.69 Å². The minimum absolute atomic E-state index is 0.105. The maximum Gasteiger partial charge on any atom is 0.0684 e. The largest absolute Gasteiger partial charge is 0.392 e. The van der Waals surface area contributed by atoms with Crippen LogP contribution in [0.15, 0.2) is 18.2 Å². The first kappa shape index (κ1) is 15.0. The van der Waals surface area contributed by atoms with Gasteiger partial charge in [-0.15, -0.1) is 0 Å². The molecule has 0 aliphatic rings. The minimum atomic E-state index is 0.105. The van der Waals surface area contributed by atoms with Crippen molar-refractivity contribution in [2.75, 3.05) is 25.2 Å². The Hall–Kier alpha value is -1.06. The van der Waals surface area contributed by atoms with Gasteiger partial charge in [-0.2, -0.15) is 0 Å². The molecule has 102 valence electrons. The number of aryl methyl sites for hydroxylation is 1. The molecular formula is C15H25NO2. The number of anilines is 1. The maximum atomic E-state index is 9.21. The Morgan fingerprint density at radius 1 is 1.39 bits per heavy atom. The summed E-state index contributed by atoms with van der Waals surface area (Å²) in [6.45, 7) is 8.19. The van der Waals surface area contributed by atoms with E-state index in [1.54, 1.807) is 7.11 Å². The molecule has 1 N–H and O–H groups in total. The fourth-order valence-corrected chi connectivity index (χ4v) is 2.05. The highest BCUT2D eigenvalue weighted by atomic mass is 16.5. The second-order valence-electron chi connectivity index (χ2n) is 4.71. The Labute approximate surface area is 110 Å². The highest BCUT2D eigenvalue weighted by Gasteiger charge is 2.13. The summed E-state index contributed by atoms with van der Waals surface area (Å²) in [6.07, 6.45) is 1.10. The molecule has 1 aromatic carbocycles. The zero-order chi connectivity index (χ0) is 13.5. The van der Waals surface area contributed by atoms with Crippen LogP contribution >= 0.6 is 0 Å². The summed E-state index contributed by atoms with van der Waals surface area (Å²) in [6, 6.07) is 6.72. The third kappa shape index (κ3) is 3.72. The van der Waals surface area contributed by atoms with Crippen LogP contribution in [0.25, 0.3) is 0 Å². The van der Waals surface area contributed by atoms with Gasteiger partial charge in [0.2, 0.25) is 0 Å². The molecule has 0 aliphatic carbocycles. The molecule has 1 atom stereocenters. The molecule has 0 radical (unpaired) electrons. The van der Waals surface area contributed by atoms with Crippen molar-refractivity contribution in [1.29, 1.82) is 0 Å². The molecule has 1 aromatic rings. The van der Waals surface area contributed by atoms with Crippen molar-refractivity contribution in [2.24, 2.45) is 0 Å². The number of ether oxygens (including phenoxy) is 1. The fraction of sp³-hybridized carbons (Fsp3) is 0.600. The van der Waals surface area contributed by atoms with E-state index >= 15 is 0 Å². The van der Waals surface area contributed by atoms with Gasteiger partial charge in [0.15, 0.2) is 0 Å². The van der Waals surface area contributed by atoms with Crippen LogP contribution in [0.5, 0.6) is 0 Å². The van der Waals surface area contributed by atoms with Crippen LogP contribution < -0.4 is 4.90 Å². The fourth-order valence-electron chi connectivity index (χ4n) is 2.05. The monoisotopic (exact) mass is 251 g/mol. The first-order valence-corrected chi connectivity index (χ1v) is 6.60. The van der Waals surface area contributed by atoms with E-state index in [0.29, 0.717) is 6.04 Å². The number of hydrogen-bond acceptors (Lipinski definition) is 3. The quantitative estimate of drug-likeness (QED) is 0.809. The molecule has 0 heterocycles. The molecule has 1 unspecified atom stereocenters. The van der Waals surface area contributed by atoms with Crippen molar-refractivity contribution < 1.29 is 9.84 Å². The van der Waals surface area contributed by atoms with E-state index in [2.05, 4.69) is 30.9 Å². The van der Waals surface area contributed by atoms with Gasteiger partial charge in [-0.05, 0) is 43.5 Å². The van der Waals surface area contributed by atoms with Crippen molar-refractivity contribution >= 4 is 5.69 Å². The second kappa shape index (κ2) is 7.39. The van der Waals surface area contributed by atoms with Crippen molar-refractivity contribution in [3.8, 4) is 0 Å². The molecule has 0 aliphatic heterocycles. The summed E-state index contributed by atoms with van der Waals surface area (Å²) in [5.74, 6) is 0. The highest BCUT2D eigenvalue weighted by molar-refractivity contribution is 5.51. The van der Waals surface area contributed by atoms with Gasteiger partial charge in [-0.25, -0.2) is 0 Å². The highest BCUT2D eigenvalue weighted by Crippen LogP contribution is 2.22. The van der Waals surface area contributed by atoms with Crippen molar-refractivity contribution in [3.05, 3.63) is 29.3 Å². The Morgan fingerprint density at radius 2 is 2.11 bits per heavy atom. The number of aliphatic hydroxyl groups excluding tert-OH is 1. The SMILES string of the molecule is CCC(C)N(CCOC)c1ccc(CO)c(C)c1. The van der Waals surface area contributed by atoms with Gasteiger partial charge in [0.05, 0.1) is 13.2 Å². The summed E-state index contributed by atoms with van der Waals surface area (Å²) in [7, 11) is 1.73. The summed E-state index contributed by atoms with van der Waals surface area (Å²) >= 11 is 0. The Morgan fingerprint density at radius 3 is 2.61 bits per heavy atom. The van der Waals surface area contributed by atoms with Gasteiger partial charge in [0, 0.05) is 25.4 Å². The summed E-state index contributed by atoms with van der Waals surface area (Å²) in [5, 5.41) is 9.21. The average molecular weight is 251 g/mol. The topological polar surface area (TPSA) is 32.7 Å². The summed E-state index contributed by atoms with van der Waals surface area (Å²) < 4.78 is 5.18. The molecule has 3 nitrogen and oxygen atoms in total. The van der Waals surface area contributed by atoms with Gasteiger partial charge in [-0.3, -0.25) is 0 Å². The number of hydrogen-bond donors (Lipinski definition) is 1. The van der Waals surface area contributed by atoms with Crippen LogP contribution in [-0.2, 0) is 11.3 Å². The van der Waals surface area contributed by atoms with Crippen LogP contribution in [0.2, 0.25) is 0 Å². The molecule has 0 saturated heterocycles. The molecule has 0 aromatic heterocycles. The molecule has 0 fully saturated rings. The van der Waals surface area contributed by atoms with Crippen molar-refractivity contribution in [2.45, 2.75) is 39.8 Å². The van der Waals surface area contributed by atoms with Crippen molar-refractivity contribution in [3.63, 3.8) is 0 Å². The lowest BCUT2D eigenvalue weighted by Crippen LogP contribution is -2.35. The first-order chi connectivity index (χ1) is 8.63. The Balaban J connectivity index is 2.93. The van der Waals surface area contributed by atoms with E-state index in [9.17, 15) is 5.11 Å². The Bertz CT molecular complexity index is 366. The second-order valence-corrected chi connectivity index (χ2v) is 4.71. The lowest BCUT2D eigenvalue weighted by molar-refractivity contribution is 0.203. The lowest BCUT2D eigenvalue weighted by atomic mass is 10.1. The van der Waals surface area contributed by atoms with E-state index in [0.717, 1.165) is 30.7 Å². The van der Waals surface area contributed by atoms with Gasteiger partial charge in [0.1, 0.15) is 0 Å². The molecule has 18 heavy (non-hydrogen) atoms. The van der Waals surface area contributed by atoms with Crippen LogP contribution in [0.3, 0.4) is 0 Å². The maximum absolute atomic E-state index is 9.21. The molecule has 0 amide bonds. The lowest BCUT2D eigenvalue weighted by Gasteiger charge is -2.31. The summed E-state index contributed by atoms with van der Waals surface area (Å²) in [5.41, 5.74) is 3.34. The van der Waals surface area contributed by atoms with Gasteiger partial charge < -0.3 is 14.7 Å². The van der Waals surface area contributed by atoms with Gasteiger partial charge in [0.25, 0.3) is 0 Å². The average Bonchev–Trinajstić information content (AvgIpc) is 2.39. The van der Waals surface area contributed by atoms with Gasteiger partial charge >= 0.3 is 0 Å². The van der Waals surface area contributed by atoms with E-state index in [4.69, 9.17) is 4.74 Å². The first-order valence-electron chi connectivity index (χ1n) is 6.60. The van der Waals surface area contributed by atoms with Gasteiger partial charge in [-0.1, -0.05) is 13.0 Å². The number of rotatable bonds is 7. The zero-order valence-electron chi connectivity index (χ0n) is 11.9. The minimum Gasteiger partial charge on any atom is -0.392 e. The van der Waals surface area contributed by atoms with E-state index in [1.807, 2.05) is 13.0 Å². The molecule has 1 rings (SSSR count). The number of nitrogens with zero attached hydrogens (tertiary/aromatic N) is 1. The third-order valence-corrected chi connectivity index (χ3v) is 3.49. The van der Waals surface area contributed by atoms with E-state index < -0.39 is 0 Å². The Kier molecular flexibility index (Phi) is 6.16.